The summed E-state index contributed by atoms with van der Waals surface area (Å²) in [5, 5.41) is 14.3. The second kappa shape index (κ2) is 7.56. The van der Waals surface area contributed by atoms with Crippen molar-refractivity contribution in [1.82, 2.24) is 9.97 Å². The summed E-state index contributed by atoms with van der Waals surface area (Å²) in [5.41, 5.74) is 6.47. The Morgan fingerprint density at radius 1 is 1.04 bits per heavy atom. The van der Waals surface area contributed by atoms with Crippen LogP contribution in [-0.2, 0) is 0 Å². The molecule has 0 aliphatic carbocycles. The van der Waals surface area contributed by atoms with Crippen molar-refractivity contribution in [1.29, 1.82) is 0 Å². The number of hydrogen-bond donors (Lipinski definition) is 1. The minimum absolute atomic E-state index is 0.683. The van der Waals surface area contributed by atoms with Gasteiger partial charge in [-0.05, 0) is 38.1 Å². The van der Waals surface area contributed by atoms with Gasteiger partial charge in [0.1, 0.15) is 0 Å². The van der Waals surface area contributed by atoms with Gasteiger partial charge in [-0.25, -0.2) is 4.98 Å². The molecule has 1 N–H and O–H groups in total. The predicted molar refractivity (Wildman–Crippen MR) is 97.5 cm³/mol. The normalized spacial score (nSPS) is 11.8. The lowest BCUT2D eigenvalue weighted by molar-refractivity contribution is 1.18. The Hall–Kier alpha value is -2.93. The monoisotopic (exact) mass is 336 g/mol. The molecule has 0 atom stereocenters. The summed E-state index contributed by atoms with van der Waals surface area (Å²) in [6.45, 7) is 3.83. The van der Waals surface area contributed by atoms with Gasteiger partial charge in [-0.1, -0.05) is 29.5 Å². The molecule has 0 saturated heterocycles. The van der Waals surface area contributed by atoms with Crippen molar-refractivity contribution >= 4 is 32.9 Å². The minimum Gasteiger partial charge on any atom is -0.265 e. The van der Waals surface area contributed by atoms with Crippen LogP contribution in [0, 0.1) is 6.92 Å². The number of aryl methyl sites for hydroxylation is 1. The third-order valence-corrected chi connectivity index (χ3v) is 4.15. The largest absolute Gasteiger partial charge is 0.265 e. The summed E-state index contributed by atoms with van der Waals surface area (Å²) in [6, 6.07) is 13.4. The summed E-state index contributed by atoms with van der Waals surface area (Å²) >= 11 is 1.41. The lowest BCUT2D eigenvalue weighted by Crippen LogP contribution is -1.99. The molecule has 2 aromatic heterocycles. The highest BCUT2D eigenvalue weighted by Gasteiger charge is 2.06. The van der Waals surface area contributed by atoms with Gasteiger partial charge >= 0.3 is 0 Å². The van der Waals surface area contributed by atoms with Gasteiger partial charge in [-0.3, -0.25) is 10.4 Å². The van der Waals surface area contributed by atoms with E-state index in [0.717, 1.165) is 27.7 Å². The second-order valence-corrected chi connectivity index (χ2v) is 5.97. The molecule has 0 unspecified atom stereocenters. The molecule has 7 heteroatoms. The first-order valence-electron chi connectivity index (χ1n) is 7.37. The molecule has 24 heavy (non-hydrogen) atoms. The SMILES string of the molecule is C/C(=N\Nc1nc(C)c(N=Nc2ccccc2)s1)c1ccncc1. The van der Waals surface area contributed by atoms with Gasteiger partial charge in [0.15, 0.2) is 5.00 Å². The average molecular weight is 336 g/mol. The van der Waals surface area contributed by atoms with E-state index < -0.39 is 0 Å². The lowest BCUT2D eigenvalue weighted by Gasteiger charge is -1.99. The number of azo groups is 1. The van der Waals surface area contributed by atoms with E-state index in [4.69, 9.17) is 0 Å². The Kier molecular flexibility index (Phi) is 5.02. The van der Waals surface area contributed by atoms with Gasteiger partial charge in [0.05, 0.1) is 17.1 Å². The van der Waals surface area contributed by atoms with E-state index in [9.17, 15) is 0 Å². The number of rotatable bonds is 5. The quantitative estimate of drug-likeness (QED) is 0.400. The van der Waals surface area contributed by atoms with E-state index in [1.165, 1.54) is 11.3 Å². The molecular weight excluding hydrogens is 320 g/mol. The standard InChI is InChI=1S/C17H16N6S/c1-12(14-8-10-18-11-9-14)20-23-17-19-13(2)16(24-17)22-21-15-6-4-3-5-7-15/h3-11H,1-2H3,(H,19,23)/b20-12+,22-21?. The van der Waals surface area contributed by atoms with Crippen LogP contribution < -0.4 is 5.43 Å². The molecule has 0 radical (unpaired) electrons. The number of nitrogens with zero attached hydrogens (tertiary/aromatic N) is 5. The van der Waals surface area contributed by atoms with Crippen molar-refractivity contribution in [2.45, 2.75) is 13.8 Å². The molecule has 0 bridgehead atoms. The van der Waals surface area contributed by atoms with E-state index in [0.29, 0.717) is 5.13 Å². The Balaban J connectivity index is 1.71. The van der Waals surface area contributed by atoms with Crippen LogP contribution in [0.4, 0.5) is 15.8 Å². The number of nitrogens with one attached hydrogen (secondary N) is 1. The fourth-order valence-corrected chi connectivity index (χ4v) is 2.65. The first-order valence-corrected chi connectivity index (χ1v) is 8.19. The number of benzene rings is 1. The Bertz CT molecular complexity index is 855. The number of hydrazone groups is 1. The summed E-state index contributed by atoms with van der Waals surface area (Å²) in [5.74, 6) is 0. The van der Waals surface area contributed by atoms with Crippen molar-refractivity contribution in [3.8, 4) is 0 Å². The molecule has 0 amide bonds. The third kappa shape index (κ3) is 4.08. The third-order valence-electron chi connectivity index (χ3n) is 3.20. The average Bonchev–Trinajstić information content (AvgIpc) is 2.99. The van der Waals surface area contributed by atoms with E-state index in [2.05, 4.69) is 30.7 Å². The Morgan fingerprint density at radius 2 is 1.79 bits per heavy atom. The van der Waals surface area contributed by atoms with Crippen molar-refractivity contribution in [3.63, 3.8) is 0 Å². The smallest absolute Gasteiger partial charge is 0.205 e. The molecule has 2 heterocycles. The van der Waals surface area contributed by atoms with Crippen molar-refractivity contribution < 1.29 is 0 Å². The van der Waals surface area contributed by atoms with Crippen LogP contribution in [0.2, 0.25) is 0 Å². The first-order chi connectivity index (χ1) is 11.7. The molecule has 120 valence electrons. The summed E-state index contributed by atoms with van der Waals surface area (Å²) in [7, 11) is 0. The highest BCUT2D eigenvalue weighted by atomic mass is 32.1. The maximum atomic E-state index is 4.42. The lowest BCUT2D eigenvalue weighted by atomic mass is 10.2. The zero-order chi connectivity index (χ0) is 16.8. The summed E-state index contributed by atoms with van der Waals surface area (Å²) in [4.78, 5) is 8.42. The molecule has 3 rings (SSSR count). The Morgan fingerprint density at radius 3 is 2.54 bits per heavy atom. The maximum absolute atomic E-state index is 4.42. The fourth-order valence-electron chi connectivity index (χ4n) is 1.92. The van der Waals surface area contributed by atoms with Gasteiger partial charge in [-0.2, -0.15) is 5.10 Å². The number of anilines is 1. The fraction of sp³-hybridized carbons (Fsp3) is 0.118. The molecule has 0 spiro atoms. The zero-order valence-electron chi connectivity index (χ0n) is 13.3. The molecule has 6 nitrogen and oxygen atoms in total. The predicted octanol–water partition coefficient (Wildman–Crippen LogP) is 5.10. The van der Waals surface area contributed by atoms with Crippen LogP contribution in [0.5, 0.6) is 0 Å². The van der Waals surface area contributed by atoms with E-state index in [1.54, 1.807) is 12.4 Å². The number of aromatic nitrogens is 2. The molecule has 3 aromatic rings. The van der Waals surface area contributed by atoms with Crippen LogP contribution in [0.15, 0.2) is 70.2 Å². The number of thiazole rings is 1. The second-order valence-electron chi connectivity index (χ2n) is 4.99. The highest BCUT2D eigenvalue weighted by molar-refractivity contribution is 7.19. The molecule has 0 aliphatic rings. The van der Waals surface area contributed by atoms with Crippen LogP contribution in [0.3, 0.4) is 0 Å². The summed E-state index contributed by atoms with van der Waals surface area (Å²) < 4.78 is 0. The van der Waals surface area contributed by atoms with Crippen molar-refractivity contribution in [3.05, 3.63) is 66.1 Å². The van der Waals surface area contributed by atoms with Gasteiger partial charge in [0, 0.05) is 18.0 Å². The number of pyridine rings is 1. The zero-order valence-corrected chi connectivity index (χ0v) is 14.2. The molecule has 1 aromatic carbocycles. The van der Waals surface area contributed by atoms with Crippen LogP contribution in [-0.4, -0.2) is 15.7 Å². The van der Waals surface area contributed by atoms with Crippen molar-refractivity contribution in [2.75, 3.05) is 5.43 Å². The van der Waals surface area contributed by atoms with Gasteiger partial charge in [0.25, 0.3) is 0 Å². The Labute approximate surface area is 144 Å². The van der Waals surface area contributed by atoms with Crippen LogP contribution in [0.25, 0.3) is 0 Å². The maximum Gasteiger partial charge on any atom is 0.205 e. The highest BCUT2D eigenvalue weighted by Crippen LogP contribution is 2.32. The molecule has 0 fully saturated rings. The molecule has 0 aliphatic heterocycles. The first kappa shape index (κ1) is 15.9. The van der Waals surface area contributed by atoms with Crippen LogP contribution in [0.1, 0.15) is 18.2 Å². The molecular formula is C17H16N6S. The number of hydrogen-bond acceptors (Lipinski definition) is 7. The van der Waals surface area contributed by atoms with Gasteiger partial charge in [-0.15, -0.1) is 10.2 Å². The van der Waals surface area contributed by atoms with E-state index in [1.807, 2.05) is 56.3 Å². The topological polar surface area (TPSA) is 74.9 Å². The summed E-state index contributed by atoms with van der Waals surface area (Å²) in [6.07, 6.45) is 3.48. The van der Waals surface area contributed by atoms with E-state index >= 15 is 0 Å². The minimum atomic E-state index is 0.683. The van der Waals surface area contributed by atoms with E-state index in [-0.39, 0.29) is 0 Å². The van der Waals surface area contributed by atoms with Gasteiger partial charge in [0.2, 0.25) is 5.13 Å². The van der Waals surface area contributed by atoms with Crippen molar-refractivity contribution in [2.24, 2.45) is 15.3 Å². The van der Waals surface area contributed by atoms with Gasteiger partial charge < -0.3 is 0 Å². The molecule has 0 saturated carbocycles. The van der Waals surface area contributed by atoms with Crippen LogP contribution >= 0.6 is 11.3 Å².